The first-order chi connectivity index (χ1) is 10.1. The van der Waals surface area contributed by atoms with Crippen LogP contribution in [0.1, 0.15) is 36.0 Å². The van der Waals surface area contributed by atoms with Crippen molar-refractivity contribution < 1.29 is 14.0 Å². The molecule has 114 valence electrons. The van der Waals surface area contributed by atoms with Crippen molar-refractivity contribution in [1.82, 2.24) is 4.90 Å². The molecule has 2 rings (SSSR count). The van der Waals surface area contributed by atoms with Crippen LogP contribution in [0.2, 0.25) is 0 Å². The Hall–Kier alpha value is -1.36. The molecule has 1 amide bonds. The number of benzene rings is 1. The highest BCUT2D eigenvalue weighted by atomic mass is 32.2. The molecule has 21 heavy (non-hydrogen) atoms. The fraction of sp³-hybridized carbons (Fsp3) is 0.500. The van der Waals surface area contributed by atoms with Crippen LogP contribution in [0.25, 0.3) is 0 Å². The van der Waals surface area contributed by atoms with Gasteiger partial charge in [-0.15, -0.1) is 0 Å². The zero-order valence-electron chi connectivity index (χ0n) is 12.2. The van der Waals surface area contributed by atoms with E-state index in [2.05, 4.69) is 0 Å². The van der Waals surface area contributed by atoms with Crippen LogP contribution in [0.3, 0.4) is 0 Å². The highest BCUT2D eigenvalue weighted by Gasteiger charge is 2.22. The highest BCUT2D eigenvalue weighted by molar-refractivity contribution is 7.99. The second-order valence-electron chi connectivity index (χ2n) is 5.28. The molecule has 1 aromatic rings. The van der Waals surface area contributed by atoms with Crippen LogP contribution in [0.15, 0.2) is 24.3 Å². The van der Waals surface area contributed by atoms with Crippen LogP contribution in [0, 0.1) is 5.82 Å². The number of Topliss-reactive ketones (excluding diaryl/α,β-unsaturated/α-hetero) is 1. The van der Waals surface area contributed by atoms with E-state index in [4.69, 9.17) is 0 Å². The number of halogens is 1. The zero-order valence-corrected chi connectivity index (χ0v) is 13.0. The van der Waals surface area contributed by atoms with Gasteiger partial charge in [-0.05, 0) is 48.6 Å². The van der Waals surface area contributed by atoms with Gasteiger partial charge in [-0.25, -0.2) is 4.39 Å². The minimum absolute atomic E-state index is 0.0161. The van der Waals surface area contributed by atoms with Crippen molar-refractivity contribution in [3.63, 3.8) is 0 Å². The molecule has 3 nitrogen and oxygen atoms in total. The first kappa shape index (κ1) is 16.0. The molecule has 0 atom stereocenters. The van der Waals surface area contributed by atoms with Crippen molar-refractivity contribution in [3.8, 4) is 0 Å². The third kappa shape index (κ3) is 4.56. The van der Waals surface area contributed by atoms with Crippen molar-refractivity contribution in [3.05, 3.63) is 35.6 Å². The molecule has 1 saturated heterocycles. The number of hydrogen-bond donors (Lipinski definition) is 0. The first-order valence-corrected chi connectivity index (χ1v) is 8.35. The summed E-state index contributed by atoms with van der Waals surface area (Å²) in [7, 11) is 1.82. The van der Waals surface area contributed by atoms with E-state index >= 15 is 0 Å². The SMILES string of the molecule is CN(C(=O)CCC(=O)c1ccc(F)cc1)C1CCSCC1. The summed E-state index contributed by atoms with van der Waals surface area (Å²) in [5.41, 5.74) is 0.459. The normalized spacial score (nSPS) is 15.7. The smallest absolute Gasteiger partial charge is 0.223 e. The molecule has 0 aliphatic carbocycles. The van der Waals surface area contributed by atoms with Gasteiger partial charge < -0.3 is 4.90 Å². The molecule has 1 aromatic carbocycles. The fourth-order valence-electron chi connectivity index (χ4n) is 2.45. The number of amides is 1. The summed E-state index contributed by atoms with van der Waals surface area (Å²) in [5.74, 6) is 1.73. The molecule has 0 saturated carbocycles. The van der Waals surface area contributed by atoms with E-state index in [0.29, 0.717) is 11.6 Å². The maximum Gasteiger partial charge on any atom is 0.223 e. The van der Waals surface area contributed by atoms with E-state index in [1.54, 1.807) is 4.90 Å². The fourth-order valence-corrected chi connectivity index (χ4v) is 3.53. The Morgan fingerprint density at radius 2 is 1.81 bits per heavy atom. The molecule has 1 fully saturated rings. The molecular formula is C16H20FNO2S. The first-order valence-electron chi connectivity index (χ1n) is 7.20. The third-order valence-corrected chi connectivity index (χ3v) is 4.91. The lowest BCUT2D eigenvalue weighted by molar-refractivity contribution is -0.132. The minimum Gasteiger partial charge on any atom is -0.343 e. The largest absolute Gasteiger partial charge is 0.343 e. The Balaban J connectivity index is 1.82. The minimum atomic E-state index is -0.363. The molecule has 0 aromatic heterocycles. The number of nitrogens with zero attached hydrogens (tertiary/aromatic N) is 1. The zero-order chi connectivity index (χ0) is 15.2. The number of carbonyl (C=O) groups excluding carboxylic acids is 2. The lowest BCUT2D eigenvalue weighted by atomic mass is 10.1. The van der Waals surface area contributed by atoms with Gasteiger partial charge >= 0.3 is 0 Å². The van der Waals surface area contributed by atoms with Crippen molar-refractivity contribution in [2.45, 2.75) is 31.7 Å². The van der Waals surface area contributed by atoms with Gasteiger partial charge in [-0.3, -0.25) is 9.59 Å². The van der Waals surface area contributed by atoms with E-state index in [1.807, 2.05) is 18.8 Å². The van der Waals surface area contributed by atoms with Crippen molar-refractivity contribution in [2.24, 2.45) is 0 Å². The van der Waals surface area contributed by atoms with Crippen LogP contribution in [-0.2, 0) is 4.79 Å². The number of carbonyl (C=O) groups is 2. The number of thioether (sulfide) groups is 1. The molecule has 1 aliphatic heterocycles. The number of hydrogen-bond acceptors (Lipinski definition) is 3. The monoisotopic (exact) mass is 309 g/mol. The lowest BCUT2D eigenvalue weighted by Gasteiger charge is -2.31. The summed E-state index contributed by atoms with van der Waals surface area (Å²) in [6.45, 7) is 0. The van der Waals surface area contributed by atoms with Gasteiger partial charge in [-0.1, -0.05) is 0 Å². The molecule has 0 N–H and O–H groups in total. The predicted octanol–water partition coefficient (Wildman–Crippen LogP) is 3.14. The third-order valence-electron chi connectivity index (χ3n) is 3.86. The second-order valence-corrected chi connectivity index (χ2v) is 6.50. The molecule has 1 heterocycles. The van der Waals surface area contributed by atoms with Gasteiger partial charge in [-0.2, -0.15) is 11.8 Å². The maximum absolute atomic E-state index is 12.8. The summed E-state index contributed by atoms with van der Waals surface area (Å²) in [4.78, 5) is 25.9. The number of ketones is 1. The highest BCUT2D eigenvalue weighted by Crippen LogP contribution is 2.21. The molecule has 0 spiro atoms. The average Bonchev–Trinajstić information content (AvgIpc) is 2.53. The molecule has 1 aliphatic rings. The summed E-state index contributed by atoms with van der Waals surface area (Å²) in [6.07, 6.45) is 2.45. The average molecular weight is 309 g/mol. The van der Waals surface area contributed by atoms with Crippen molar-refractivity contribution in [1.29, 1.82) is 0 Å². The Labute approximate surface area is 128 Å². The summed E-state index contributed by atoms with van der Waals surface area (Å²) in [5, 5.41) is 0. The van der Waals surface area contributed by atoms with E-state index in [9.17, 15) is 14.0 Å². The van der Waals surface area contributed by atoms with Crippen LogP contribution >= 0.6 is 11.8 Å². The van der Waals surface area contributed by atoms with E-state index < -0.39 is 0 Å². The Morgan fingerprint density at radius 1 is 1.19 bits per heavy atom. The quantitative estimate of drug-likeness (QED) is 0.784. The van der Waals surface area contributed by atoms with Gasteiger partial charge in [0.15, 0.2) is 5.78 Å². The van der Waals surface area contributed by atoms with Gasteiger partial charge in [0.2, 0.25) is 5.91 Å². The second kappa shape index (κ2) is 7.59. The van der Waals surface area contributed by atoms with E-state index in [-0.39, 0.29) is 30.3 Å². The maximum atomic E-state index is 12.8. The van der Waals surface area contributed by atoms with Crippen molar-refractivity contribution in [2.75, 3.05) is 18.6 Å². The molecule has 5 heteroatoms. The van der Waals surface area contributed by atoms with Gasteiger partial charge in [0.05, 0.1) is 0 Å². The summed E-state index contributed by atoms with van der Waals surface area (Å²) >= 11 is 1.92. The molecule has 0 radical (unpaired) electrons. The van der Waals surface area contributed by atoms with Crippen LogP contribution in [0.4, 0.5) is 4.39 Å². The van der Waals surface area contributed by atoms with E-state index in [0.717, 1.165) is 24.3 Å². The van der Waals surface area contributed by atoms with Crippen LogP contribution in [0.5, 0.6) is 0 Å². The standard InChI is InChI=1S/C16H20FNO2S/c1-18(14-8-10-21-11-9-14)16(20)7-6-15(19)12-2-4-13(17)5-3-12/h2-5,14H,6-11H2,1H3. The van der Waals surface area contributed by atoms with Crippen LogP contribution < -0.4 is 0 Å². The molecule has 0 bridgehead atoms. The summed E-state index contributed by atoms with van der Waals surface area (Å²) in [6, 6.07) is 5.76. The Morgan fingerprint density at radius 3 is 2.43 bits per heavy atom. The van der Waals surface area contributed by atoms with Gasteiger partial charge in [0.25, 0.3) is 0 Å². The molecular weight excluding hydrogens is 289 g/mol. The van der Waals surface area contributed by atoms with Crippen LogP contribution in [-0.4, -0.2) is 41.2 Å². The molecule has 0 unspecified atom stereocenters. The predicted molar refractivity (Wildman–Crippen MR) is 83.1 cm³/mol. The lowest BCUT2D eigenvalue weighted by Crippen LogP contribution is -2.39. The van der Waals surface area contributed by atoms with Gasteiger partial charge in [0.1, 0.15) is 5.82 Å². The number of rotatable bonds is 5. The Bertz CT molecular complexity index is 498. The topological polar surface area (TPSA) is 37.4 Å². The summed E-state index contributed by atoms with van der Waals surface area (Å²) < 4.78 is 12.8. The Kier molecular flexibility index (Phi) is 5.79. The van der Waals surface area contributed by atoms with Gasteiger partial charge in [0, 0.05) is 31.5 Å². The van der Waals surface area contributed by atoms with Crippen molar-refractivity contribution >= 4 is 23.5 Å². The van der Waals surface area contributed by atoms with E-state index in [1.165, 1.54) is 24.3 Å².